The number of rotatable bonds is 7. The van der Waals surface area contributed by atoms with Crippen LogP contribution in [0.5, 0.6) is 5.75 Å². The van der Waals surface area contributed by atoms with Gasteiger partial charge in [-0.1, -0.05) is 11.6 Å². The van der Waals surface area contributed by atoms with Gasteiger partial charge in [0.25, 0.3) is 0 Å². The fourth-order valence-electron chi connectivity index (χ4n) is 4.75. The topological polar surface area (TPSA) is 78.9 Å². The molecule has 1 fully saturated rings. The molecule has 0 radical (unpaired) electrons. The van der Waals surface area contributed by atoms with Crippen LogP contribution in [0.1, 0.15) is 18.4 Å². The summed E-state index contributed by atoms with van der Waals surface area (Å²) in [6.07, 6.45) is -0.290. The summed E-state index contributed by atoms with van der Waals surface area (Å²) in [4.78, 5) is 11.4. The van der Waals surface area contributed by atoms with Gasteiger partial charge in [0.2, 0.25) is 0 Å². The van der Waals surface area contributed by atoms with Crippen molar-refractivity contribution in [2.75, 3.05) is 31.8 Å². The molecule has 2 aromatic rings. The van der Waals surface area contributed by atoms with Gasteiger partial charge in [0.1, 0.15) is 10.6 Å². The molecule has 34 heavy (non-hydrogen) atoms. The molecule has 2 aliphatic rings. The van der Waals surface area contributed by atoms with Gasteiger partial charge in [0, 0.05) is 17.5 Å². The van der Waals surface area contributed by atoms with Crippen LogP contribution in [0.25, 0.3) is 0 Å². The molecule has 184 valence electrons. The molecule has 1 saturated heterocycles. The molecular weight excluding hydrogens is 510 g/mol. The van der Waals surface area contributed by atoms with Crippen molar-refractivity contribution in [1.29, 1.82) is 0 Å². The summed E-state index contributed by atoms with van der Waals surface area (Å²) >= 11 is 7.28. The second-order valence-corrected chi connectivity index (χ2v) is 11.8. The number of hydrogen-bond acceptors (Lipinski definition) is 7. The van der Waals surface area contributed by atoms with E-state index >= 15 is 4.39 Å². The van der Waals surface area contributed by atoms with Crippen LogP contribution in [0, 0.1) is 17.6 Å². The number of carbonyl (C=O) groups is 1. The molecule has 0 saturated carbocycles. The summed E-state index contributed by atoms with van der Waals surface area (Å²) in [6.45, 7) is -0.127. The average molecular weight is 533 g/mol. The number of benzene rings is 2. The zero-order chi connectivity index (χ0) is 24.5. The third-order valence-corrected chi connectivity index (χ3v) is 10.1. The second kappa shape index (κ2) is 10.0. The maximum Gasteiger partial charge on any atom is 0.315 e. The van der Waals surface area contributed by atoms with Crippen molar-refractivity contribution in [2.45, 2.75) is 28.6 Å². The molecule has 0 amide bonds. The Morgan fingerprint density at radius 1 is 1.21 bits per heavy atom. The van der Waals surface area contributed by atoms with Crippen molar-refractivity contribution in [3.63, 3.8) is 0 Å². The smallest absolute Gasteiger partial charge is 0.315 e. The predicted molar refractivity (Wildman–Crippen MR) is 124 cm³/mol. The van der Waals surface area contributed by atoms with Gasteiger partial charge in [0.15, 0.2) is 21.4 Å². The molecule has 4 rings (SSSR count). The zero-order valence-electron chi connectivity index (χ0n) is 18.3. The number of esters is 1. The van der Waals surface area contributed by atoms with Gasteiger partial charge in [-0.3, -0.25) is 4.79 Å². The van der Waals surface area contributed by atoms with E-state index in [1.807, 2.05) is 0 Å². The van der Waals surface area contributed by atoms with E-state index in [-0.39, 0.29) is 47.6 Å². The molecule has 0 spiro atoms. The Labute approximate surface area is 205 Å². The van der Waals surface area contributed by atoms with Gasteiger partial charge in [-0.25, -0.2) is 17.2 Å². The van der Waals surface area contributed by atoms with Crippen LogP contribution in [-0.2, 0) is 28.9 Å². The first-order chi connectivity index (χ1) is 16.2. The van der Waals surface area contributed by atoms with E-state index in [0.717, 1.165) is 12.1 Å². The normalized spacial score (nSPS) is 24.0. The molecule has 3 atom stereocenters. The highest BCUT2D eigenvalue weighted by atomic mass is 35.5. The fraction of sp³-hybridized carbons (Fsp3) is 0.435. The summed E-state index contributed by atoms with van der Waals surface area (Å²) in [5.41, 5.74) is -0.297. The largest absolute Gasteiger partial charge is 0.490 e. The monoisotopic (exact) mass is 532 g/mol. The highest BCUT2D eigenvalue weighted by Crippen LogP contribution is 2.56. The first-order valence-electron chi connectivity index (χ1n) is 10.6. The first-order valence-corrected chi connectivity index (χ1v) is 13.6. The van der Waals surface area contributed by atoms with Crippen molar-refractivity contribution < 1.29 is 36.2 Å². The lowest BCUT2D eigenvalue weighted by atomic mass is 9.75. The number of carbonyl (C=O) groups excluding carboxylic acids is 1. The fourth-order valence-corrected chi connectivity index (χ4v) is 8.05. The molecule has 11 heteroatoms. The Morgan fingerprint density at radius 2 is 1.91 bits per heavy atom. The van der Waals surface area contributed by atoms with Crippen molar-refractivity contribution in [1.82, 2.24) is 0 Å². The maximum absolute atomic E-state index is 15.3. The van der Waals surface area contributed by atoms with Crippen LogP contribution >= 0.6 is 23.4 Å². The molecule has 2 heterocycles. The lowest BCUT2D eigenvalue weighted by molar-refractivity contribution is -0.137. The highest BCUT2D eigenvalue weighted by molar-refractivity contribution is 7.99. The van der Waals surface area contributed by atoms with Gasteiger partial charge in [0.05, 0.1) is 36.0 Å². The Bertz CT molecular complexity index is 1170. The average Bonchev–Trinajstić information content (AvgIpc) is 2.83. The van der Waals surface area contributed by atoms with Gasteiger partial charge in [-0.05, 0) is 55.0 Å². The van der Waals surface area contributed by atoms with Gasteiger partial charge in [-0.2, -0.15) is 11.8 Å². The lowest BCUT2D eigenvalue weighted by Crippen LogP contribution is -2.57. The second-order valence-electron chi connectivity index (χ2n) is 8.07. The standard InChI is InChI=1S/C23H23ClF2O6S2/c1-30-20(27)13-33-11-8-19-16-12-32-22-18(26)7-6-17(25)21(22)23(16,9-10-31-19)34(28,29)15-4-2-14(24)3-5-15/h2-7,16,19H,8-13H2,1H3/t16-,19-,23-/m0/s1. The summed E-state index contributed by atoms with van der Waals surface area (Å²) in [5.74, 6) is -2.61. The summed E-state index contributed by atoms with van der Waals surface area (Å²) < 4.78 is 72.7. The molecule has 2 aromatic carbocycles. The predicted octanol–water partition coefficient (Wildman–Crippen LogP) is 4.38. The van der Waals surface area contributed by atoms with E-state index in [4.69, 9.17) is 21.1 Å². The van der Waals surface area contributed by atoms with E-state index in [2.05, 4.69) is 4.74 Å². The lowest BCUT2D eigenvalue weighted by Gasteiger charge is -2.50. The SMILES string of the molecule is COC(=O)CSCC[C@@H]1OCC[C@@]2(S(=O)(=O)c3ccc(Cl)cc3)c3c(F)ccc(F)c3OC[C@@H]12. The van der Waals surface area contributed by atoms with E-state index in [9.17, 15) is 17.6 Å². The molecule has 0 bridgehead atoms. The minimum absolute atomic E-state index is 0.0328. The summed E-state index contributed by atoms with van der Waals surface area (Å²) in [5, 5.41) is 0.352. The van der Waals surface area contributed by atoms with E-state index in [1.54, 1.807) is 0 Å². The van der Waals surface area contributed by atoms with Crippen LogP contribution in [0.15, 0.2) is 41.3 Å². The highest BCUT2D eigenvalue weighted by Gasteiger charge is 2.61. The molecular formula is C23H23ClF2O6S2. The van der Waals surface area contributed by atoms with Crippen LogP contribution in [0.4, 0.5) is 8.78 Å². The molecule has 0 aromatic heterocycles. The number of thioether (sulfide) groups is 1. The molecule has 6 nitrogen and oxygen atoms in total. The number of methoxy groups -OCH3 is 1. The van der Waals surface area contributed by atoms with Crippen LogP contribution in [-0.4, -0.2) is 52.3 Å². The van der Waals surface area contributed by atoms with Gasteiger partial charge < -0.3 is 14.2 Å². The molecule has 0 unspecified atom stereocenters. The van der Waals surface area contributed by atoms with Gasteiger partial charge in [-0.15, -0.1) is 0 Å². The van der Waals surface area contributed by atoms with Crippen molar-refractivity contribution in [2.24, 2.45) is 5.92 Å². The Hall–Kier alpha value is -1.88. The molecule has 0 aliphatic carbocycles. The van der Waals surface area contributed by atoms with Crippen LogP contribution < -0.4 is 4.74 Å². The van der Waals surface area contributed by atoms with Crippen molar-refractivity contribution in [3.05, 3.63) is 58.6 Å². The number of fused-ring (bicyclic) bond motifs is 3. The van der Waals surface area contributed by atoms with Crippen molar-refractivity contribution in [3.8, 4) is 5.75 Å². The maximum atomic E-state index is 15.3. The minimum Gasteiger partial charge on any atom is -0.490 e. The van der Waals surface area contributed by atoms with E-state index in [1.165, 1.54) is 43.1 Å². The Balaban J connectivity index is 1.79. The minimum atomic E-state index is -4.24. The number of hydrogen-bond donors (Lipinski definition) is 0. The summed E-state index contributed by atoms with van der Waals surface area (Å²) in [6, 6.07) is 7.48. The third-order valence-electron chi connectivity index (χ3n) is 6.34. The van der Waals surface area contributed by atoms with E-state index in [0.29, 0.717) is 17.2 Å². The van der Waals surface area contributed by atoms with Crippen LogP contribution in [0.3, 0.4) is 0 Å². The molecule has 0 N–H and O–H groups in total. The quantitative estimate of drug-likeness (QED) is 0.387. The summed E-state index contributed by atoms with van der Waals surface area (Å²) in [7, 11) is -2.94. The zero-order valence-corrected chi connectivity index (χ0v) is 20.7. The number of sulfone groups is 1. The van der Waals surface area contributed by atoms with Gasteiger partial charge >= 0.3 is 5.97 Å². The first kappa shape index (κ1) is 25.2. The molecule has 2 aliphatic heterocycles. The Kier molecular flexibility index (Phi) is 7.42. The number of ether oxygens (including phenoxy) is 3. The van der Waals surface area contributed by atoms with Crippen LogP contribution in [0.2, 0.25) is 5.02 Å². The van der Waals surface area contributed by atoms with E-state index < -0.39 is 38.2 Å². The number of halogens is 3. The van der Waals surface area contributed by atoms with Crippen molar-refractivity contribution >= 4 is 39.2 Å². The Morgan fingerprint density at radius 3 is 2.62 bits per heavy atom. The third kappa shape index (κ3) is 4.29.